The highest BCUT2D eigenvalue weighted by molar-refractivity contribution is 14.0. The SMILES string of the molecule is CCN(CC)CCNC(=NC)NC(C)c1ccc(OCC2CC2)c(F)c1.I. The van der Waals surface area contributed by atoms with Crippen LogP contribution in [0.2, 0.25) is 0 Å². The molecule has 1 fully saturated rings. The minimum Gasteiger partial charge on any atom is -0.490 e. The zero-order valence-electron chi connectivity index (χ0n) is 16.9. The van der Waals surface area contributed by atoms with Crippen LogP contribution in [0.15, 0.2) is 23.2 Å². The number of benzene rings is 1. The lowest BCUT2D eigenvalue weighted by Gasteiger charge is -2.21. The smallest absolute Gasteiger partial charge is 0.191 e. The quantitative estimate of drug-likeness (QED) is 0.297. The van der Waals surface area contributed by atoms with Gasteiger partial charge in [-0.05, 0) is 56.5 Å². The lowest BCUT2D eigenvalue weighted by molar-refractivity contribution is 0.285. The summed E-state index contributed by atoms with van der Waals surface area (Å²) in [5.41, 5.74) is 0.868. The Labute approximate surface area is 180 Å². The number of nitrogens with zero attached hydrogens (tertiary/aromatic N) is 2. The molecular formula is C20H34FIN4O. The van der Waals surface area contributed by atoms with Crippen LogP contribution < -0.4 is 15.4 Å². The van der Waals surface area contributed by atoms with Crippen LogP contribution in [0, 0.1) is 11.7 Å². The van der Waals surface area contributed by atoms with E-state index in [1.54, 1.807) is 19.2 Å². The van der Waals surface area contributed by atoms with Gasteiger partial charge in [0.05, 0.1) is 12.6 Å². The molecule has 1 unspecified atom stereocenters. The number of rotatable bonds is 10. The van der Waals surface area contributed by atoms with Gasteiger partial charge in [0.1, 0.15) is 0 Å². The topological polar surface area (TPSA) is 48.9 Å². The highest BCUT2D eigenvalue weighted by Gasteiger charge is 2.22. The van der Waals surface area contributed by atoms with E-state index in [9.17, 15) is 4.39 Å². The Hall–Kier alpha value is -1.09. The zero-order valence-corrected chi connectivity index (χ0v) is 19.3. The number of nitrogens with one attached hydrogen (secondary N) is 2. The summed E-state index contributed by atoms with van der Waals surface area (Å²) in [6.07, 6.45) is 2.39. The zero-order chi connectivity index (χ0) is 18.9. The van der Waals surface area contributed by atoms with Crippen LogP contribution in [0.1, 0.15) is 45.2 Å². The molecule has 0 amide bonds. The molecule has 0 saturated heterocycles. The highest BCUT2D eigenvalue weighted by Crippen LogP contribution is 2.30. The molecule has 1 aromatic rings. The number of likely N-dealkylation sites (N-methyl/N-ethyl adjacent to an activating group) is 1. The van der Waals surface area contributed by atoms with E-state index in [-0.39, 0.29) is 35.8 Å². The summed E-state index contributed by atoms with van der Waals surface area (Å²) in [5, 5.41) is 6.63. The maximum absolute atomic E-state index is 14.3. The molecule has 0 heterocycles. The predicted molar refractivity (Wildman–Crippen MR) is 121 cm³/mol. The van der Waals surface area contributed by atoms with E-state index >= 15 is 0 Å². The van der Waals surface area contributed by atoms with Crippen molar-refractivity contribution < 1.29 is 9.13 Å². The van der Waals surface area contributed by atoms with Crippen molar-refractivity contribution in [2.24, 2.45) is 10.9 Å². The Morgan fingerprint density at radius 2 is 2.04 bits per heavy atom. The van der Waals surface area contributed by atoms with E-state index in [4.69, 9.17) is 4.74 Å². The first-order valence-electron chi connectivity index (χ1n) is 9.69. The first-order chi connectivity index (χ1) is 12.6. The maximum Gasteiger partial charge on any atom is 0.191 e. The molecule has 1 atom stereocenters. The fourth-order valence-electron chi connectivity index (χ4n) is 2.75. The molecule has 1 aliphatic rings. The van der Waals surface area contributed by atoms with Crippen LogP contribution in [-0.2, 0) is 0 Å². The van der Waals surface area contributed by atoms with Crippen molar-refractivity contribution in [1.29, 1.82) is 0 Å². The maximum atomic E-state index is 14.3. The minimum absolute atomic E-state index is 0. The molecule has 7 heteroatoms. The summed E-state index contributed by atoms with van der Waals surface area (Å²) < 4.78 is 19.8. The van der Waals surface area contributed by atoms with Crippen molar-refractivity contribution in [1.82, 2.24) is 15.5 Å². The Bertz CT molecular complexity index is 591. The van der Waals surface area contributed by atoms with Crippen LogP contribution in [0.5, 0.6) is 5.75 Å². The van der Waals surface area contributed by atoms with Crippen LogP contribution in [-0.4, -0.2) is 50.7 Å². The van der Waals surface area contributed by atoms with Gasteiger partial charge < -0.3 is 20.3 Å². The van der Waals surface area contributed by atoms with Crippen molar-refractivity contribution in [2.45, 2.75) is 39.7 Å². The molecule has 5 nitrogen and oxygen atoms in total. The van der Waals surface area contributed by atoms with E-state index in [0.29, 0.717) is 18.3 Å². The fourth-order valence-corrected chi connectivity index (χ4v) is 2.75. The van der Waals surface area contributed by atoms with Crippen LogP contribution in [0.3, 0.4) is 0 Å². The minimum atomic E-state index is -0.304. The van der Waals surface area contributed by atoms with Gasteiger partial charge in [-0.1, -0.05) is 19.9 Å². The monoisotopic (exact) mass is 492 g/mol. The van der Waals surface area contributed by atoms with Crippen molar-refractivity contribution in [2.75, 3.05) is 39.8 Å². The third kappa shape index (κ3) is 8.21. The number of guanidine groups is 1. The van der Waals surface area contributed by atoms with E-state index in [2.05, 4.69) is 34.4 Å². The molecule has 1 aliphatic carbocycles. The second kappa shape index (κ2) is 12.4. The molecule has 1 saturated carbocycles. The average Bonchev–Trinajstić information content (AvgIpc) is 3.47. The van der Waals surface area contributed by atoms with Gasteiger partial charge in [-0.25, -0.2) is 4.39 Å². The third-order valence-electron chi connectivity index (χ3n) is 4.82. The average molecular weight is 492 g/mol. The second-order valence-electron chi connectivity index (χ2n) is 6.84. The van der Waals surface area contributed by atoms with Crippen LogP contribution >= 0.6 is 24.0 Å². The van der Waals surface area contributed by atoms with Gasteiger partial charge in [0.15, 0.2) is 17.5 Å². The molecule has 0 aliphatic heterocycles. The Morgan fingerprint density at radius 3 is 2.59 bits per heavy atom. The van der Waals surface area contributed by atoms with Crippen molar-refractivity contribution in [3.05, 3.63) is 29.6 Å². The first-order valence-corrected chi connectivity index (χ1v) is 9.69. The lowest BCUT2D eigenvalue weighted by atomic mass is 10.1. The van der Waals surface area contributed by atoms with Crippen molar-refractivity contribution >= 4 is 29.9 Å². The molecule has 154 valence electrons. The number of halogens is 2. The highest BCUT2D eigenvalue weighted by atomic mass is 127. The largest absolute Gasteiger partial charge is 0.490 e. The Balaban J connectivity index is 0.00000364. The van der Waals surface area contributed by atoms with Gasteiger partial charge in [0.25, 0.3) is 0 Å². The second-order valence-corrected chi connectivity index (χ2v) is 6.84. The number of hydrogen-bond acceptors (Lipinski definition) is 3. The van der Waals surface area contributed by atoms with Gasteiger partial charge in [-0.3, -0.25) is 4.99 Å². The van der Waals surface area contributed by atoms with Crippen molar-refractivity contribution in [3.8, 4) is 5.75 Å². The third-order valence-corrected chi connectivity index (χ3v) is 4.82. The Kier molecular flexibility index (Phi) is 11.0. The summed E-state index contributed by atoms with van der Waals surface area (Å²) in [7, 11) is 1.74. The van der Waals surface area contributed by atoms with Gasteiger partial charge >= 0.3 is 0 Å². The van der Waals surface area contributed by atoms with E-state index in [1.165, 1.54) is 12.8 Å². The molecule has 0 radical (unpaired) electrons. The van der Waals surface area contributed by atoms with Gasteiger partial charge in [-0.2, -0.15) is 0 Å². The number of hydrogen-bond donors (Lipinski definition) is 2. The first kappa shape index (κ1) is 23.9. The van der Waals surface area contributed by atoms with Gasteiger partial charge in [0, 0.05) is 20.1 Å². The molecule has 0 bridgehead atoms. The summed E-state index contributed by atoms with van der Waals surface area (Å²) >= 11 is 0. The number of ether oxygens (including phenoxy) is 1. The van der Waals surface area contributed by atoms with Gasteiger partial charge in [0.2, 0.25) is 0 Å². The Morgan fingerprint density at radius 1 is 1.33 bits per heavy atom. The normalized spacial score (nSPS) is 15.3. The van der Waals surface area contributed by atoms with Gasteiger partial charge in [-0.15, -0.1) is 24.0 Å². The number of aliphatic imine (C=N–C) groups is 1. The van der Waals surface area contributed by atoms with Crippen LogP contribution in [0.25, 0.3) is 0 Å². The fraction of sp³-hybridized carbons (Fsp3) is 0.650. The molecule has 0 aromatic heterocycles. The molecule has 27 heavy (non-hydrogen) atoms. The molecule has 2 N–H and O–H groups in total. The van der Waals surface area contributed by atoms with Crippen LogP contribution in [0.4, 0.5) is 4.39 Å². The van der Waals surface area contributed by atoms with Crippen molar-refractivity contribution in [3.63, 3.8) is 0 Å². The summed E-state index contributed by atoms with van der Waals surface area (Å²) in [6, 6.07) is 5.12. The lowest BCUT2D eigenvalue weighted by Crippen LogP contribution is -2.42. The predicted octanol–water partition coefficient (Wildman–Crippen LogP) is 3.80. The molecule has 0 spiro atoms. The summed E-state index contributed by atoms with van der Waals surface area (Å²) in [6.45, 7) is 10.8. The summed E-state index contributed by atoms with van der Waals surface area (Å²) in [5.74, 6) is 1.37. The molecule has 2 rings (SSSR count). The molecule has 1 aromatic carbocycles. The standard InChI is InChI=1S/C20H33FN4O.HI/c1-5-25(6-2)12-11-23-20(22-4)24-15(3)17-9-10-19(18(21)13-17)26-14-16-7-8-16;/h9-10,13,15-16H,5-8,11-12,14H2,1-4H3,(H2,22,23,24);1H. The summed E-state index contributed by atoms with van der Waals surface area (Å²) in [4.78, 5) is 6.60. The van der Waals surface area contributed by atoms with E-state index < -0.39 is 0 Å². The van der Waals surface area contributed by atoms with E-state index in [0.717, 1.165) is 37.7 Å². The molecular weight excluding hydrogens is 458 g/mol. The van der Waals surface area contributed by atoms with E-state index in [1.807, 2.05) is 13.0 Å².